The highest BCUT2D eigenvalue weighted by Gasteiger charge is 2.14. The summed E-state index contributed by atoms with van der Waals surface area (Å²) >= 11 is 0. The van der Waals surface area contributed by atoms with E-state index < -0.39 is 0 Å². The first-order valence-electron chi connectivity index (χ1n) is 4.28. The first-order valence-corrected chi connectivity index (χ1v) is 4.28. The van der Waals surface area contributed by atoms with E-state index in [1.54, 1.807) is 12.1 Å². The van der Waals surface area contributed by atoms with Gasteiger partial charge in [0.05, 0.1) is 0 Å². The monoisotopic (exact) mass is 165 g/mol. The van der Waals surface area contributed by atoms with Crippen molar-refractivity contribution in [3.63, 3.8) is 0 Å². The normalized spacial score (nSPS) is 16.0. The van der Waals surface area contributed by atoms with Crippen molar-refractivity contribution in [2.24, 2.45) is 0 Å². The van der Waals surface area contributed by atoms with Crippen LogP contribution in [-0.2, 0) is 0 Å². The van der Waals surface area contributed by atoms with Gasteiger partial charge >= 0.3 is 0 Å². The lowest BCUT2D eigenvalue weighted by Crippen LogP contribution is -2.37. The average molecular weight is 165 g/mol. The number of halogens is 1. The molecule has 12 heavy (non-hydrogen) atoms. The lowest BCUT2D eigenvalue weighted by molar-refractivity contribution is 0.602. The van der Waals surface area contributed by atoms with E-state index in [1.807, 2.05) is 13.0 Å². The number of nitrogens with zero attached hydrogens (tertiary/aromatic N) is 1. The van der Waals surface area contributed by atoms with Crippen molar-refractivity contribution in [2.75, 3.05) is 18.0 Å². The summed E-state index contributed by atoms with van der Waals surface area (Å²) in [7, 11) is 0. The molecule has 0 saturated carbocycles. The number of anilines is 1. The zero-order valence-corrected chi connectivity index (χ0v) is 7.18. The molecule has 1 aliphatic rings. The van der Waals surface area contributed by atoms with E-state index in [0.29, 0.717) is 0 Å². The lowest BCUT2D eigenvalue weighted by Gasteiger charge is -2.33. The zero-order chi connectivity index (χ0) is 8.55. The van der Waals surface area contributed by atoms with Crippen LogP contribution in [-0.4, -0.2) is 13.1 Å². The molecule has 1 heterocycles. The Kier molecular flexibility index (Phi) is 1.75. The van der Waals surface area contributed by atoms with Crippen LogP contribution >= 0.6 is 0 Å². The van der Waals surface area contributed by atoms with Crippen LogP contribution in [0.15, 0.2) is 18.2 Å². The van der Waals surface area contributed by atoms with Gasteiger partial charge in [-0.3, -0.25) is 0 Å². The van der Waals surface area contributed by atoms with Crippen molar-refractivity contribution in [2.45, 2.75) is 13.3 Å². The van der Waals surface area contributed by atoms with Crippen LogP contribution in [0.4, 0.5) is 10.1 Å². The van der Waals surface area contributed by atoms with Crippen molar-refractivity contribution in [1.29, 1.82) is 0 Å². The molecule has 2 heteroatoms. The Morgan fingerprint density at radius 2 is 2.00 bits per heavy atom. The molecule has 0 aromatic heterocycles. The maximum atomic E-state index is 12.9. The van der Waals surface area contributed by atoms with Crippen LogP contribution in [0.25, 0.3) is 0 Å². The second-order valence-electron chi connectivity index (χ2n) is 3.33. The molecular formula is C10H12FN. The third-order valence-corrected chi connectivity index (χ3v) is 2.25. The molecule has 1 nitrogen and oxygen atoms in total. The highest BCUT2D eigenvalue weighted by Crippen LogP contribution is 2.22. The Bertz CT molecular complexity index is 272. The third kappa shape index (κ3) is 1.29. The van der Waals surface area contributed by atoms with E-state index >= 15 is 0 Å². The molecule has 0 atom stereocenters. The SMILES string of the molecule is Cc1cc(F)cc(N2CCC2)c1. The van der Waals surface area contributed by atoms with E-state index in [-0.39, 0.29) is 5.82 Å². The van der Waals surface area contributed by atoms with Crippen LogP contribution < -0.4 is 4.90 Å². The zero-order valence-electron chi connectivity index (χ0n) is 7.18. The van der Waals surface area contributed by atoms with Gasteiger partial charge in [0, 0.05) is 18.8 Å². The summed E-state index contributed by atoms with van der Waals surface area (Å²) in [6, 6.07) is 5.19. The van der Waals surface area contributed by atoms with Gasteiger partial charge < -0.3 is 4.90 Å². The summed E-state index contributed by atoms with van der Waals surface area (Å²) in [5, 5.41) is 0. The van der Waals surface area contributed by atoms with Gasteiger partial charge in [-0.25, -0.2) is 4.39 Å². The first-order chi connectivity index (χ1) is 5.75. The minimum absolute atomic E-state index is 0.128. The van der Waals surface area contributed by atoms with Crippen molar-refractivity contribution >= 4 is 5.69 Å². The average Bonchev–Trinajstić information content (AvgIpc) is 1.79. The predicted octanol–water partition coefficient (Wildman–Crippen LogP) is 2.34. The van der Waals surface area contributed by atoms with Gasteiger partial charge in [-0.2, -0.15) is 0 Å². The second kappa shape index (κ2) is 2.77. The molecule has 1 aromatic carbocycles. The molecular weight excluding hydrogens is 153 g/mol. The Balaban J connectivity index is 2.30. The van der Waals surface area contributed by atoms with E-state index in [9.17, 15) is 4.39 Å². The standard InChI is InChI=1S/C10H12FN/c1-8-5-9(11)7-10(6-8)12-3-2-4-12/h5-7H,2-4H2,1H3. The third-order valence-electron chi connectivity index (χ3n) is 2.25. The topological polar surface area (TPSA) is 3.24 Å². The summed E-state index contributed by atoms with van der Waals surface area (Å²) in [5.74, 6) is -0.128. The largest absolute Gasteiger partial charge is 0.371 e. The number of hydrogen-bond donors (Lipinski definition) is 0. The molecule has 1 saturated heterocycles. The fourth-order valence-corrected chi connectivity index (χ4v) is 1.47. The molecule has 64 valence electrons. The van der Waals surface area contributed by atoms with Crippen LogP contribution in [0.3, 0.4) is 0 Å². The van der Waals surface area contributed by atoms with Gasteiger partial charge in [0.15, 0.2) is 0 Å². The molecule has 0 bridgehead atoms. The molecule has 1 aromatic rings. The number of rotatable bonds is 1. The molecule has 0 unspecified atom stereocenters. The summed E-state index contributed by atoms with van der Waals surface area (Å²) in [6.45, 7) is 4.07. The maximum absolute atomic E-state index is 12.9. The summed E-state index contributed by atoms with van der Waals surface area (Å²) in [6.07, 6.45) is 1.23. The Hall–Kier alpha value is -1.05. The van der Waals surface area contributed by atoms with Crippen LogP contribution in [0.1, 0.15) is 12.0 Å². The fraction of sp³-hybridized carbons (Fsp3) is 0.400. The molecule has 0 amide bonds. The number of benzene rings is 1. The molecule has 0 radical (unpaired) electrons. The molecule has 2 rings (SSSR count). The van der Waals surface area contributed by atoms with Gasteiger partial charge in [-0.1, -0.05) is 0 Å². The van der Waals surface area contributed by atoms with E-state index in [2.05, 4.69) is 4.90 Å². The molecule has 0 N–H and O–H groups in total. The fourth-order valence-electron chi connectivity index (χ4n) is 1.47. The molecule has 1 aliphatic heterocycles. The summed E-state index contributed by atoms with van der Waals surface area (Å²) in [4.78, 5) is 2.19. The Morgan fingerprint density at radius 3 is 2.50 bits per heavy atom. The number of aryl methyl sites for hydroxylation is 1. The van der Waals surface area contributed by atoms with Crippen LogP contribution in [0.5, 0.6) is 0 Å². The minimum atomic E-state index is -0.128. The minimum Gasteiger partial charge on any atom is -0.371 e. The first kappa shape index (κ1) is 7.59. The van der Waals surface area contributed by atoms with Crippen molar-refractivity contribution < 1.29 is 4.39 Å². The molecule has 0 spiro atoms. The van der Waals surface area contributed by atoms with Crippen molar-refractivity contribution in [1.82, 2.24) is 0 Å². The molecule has 1 fully saturated rings. The van der Waals surface area contributed by atoms with Crippen LogP contribution in [0, 0.1) is 12.7 Å². The van der Waals surface area contributed by atoms with E-state index in [0.717, 1.165) is 24.3 Å². The van der Waals surface area contributed by atoms with Crippen molar-refractivity contribution in [3.8, 4) is 0 Å². The van der Waals surface area contributed by atoms with Gasteiger partial charge in [-0.15, -0.1) is 0 Å². The Morgan fingerprint density at radius 1 is 1.25 bits per heavy atom. The van der Waals surface area contributed by atoms with Crippen LogP contribution in [0.2, 0.25) is 0 Å². The van der Waals surface area contributed by atoms with E-state index in [4.69, 9.17) is 0 Å². The smallest absolute Gasteiger partial charge is 0.125 e. The second-order valence-corrected chi connectivity index (χ2v) is 3.33. The highest BCUT2D eigenvalue weighted by molar-refractivity contribution is 5.50. The summed E-state index contributed by atoms with van der Waals surface area (Å²) < 4.78 is 12.9. The maximum Gasteiger partial charge on any atom is 0.125 e. The van der Waals surface area contributed by atoms with Gasteiger partial charge in [0.25, 0.3) is 0 Å². The van der Waals surface area contributed by atoms with Gasteiger partial charge in [-0.05, 0) is 37.1 Å². The van der Waals surface area contributed by atoms with E-state index in [1.165, 1.54) is 6.42 Å². The quantitative estimate of drug-likeness (QED) is 0.617. The van der Waals surface area contributed by atoms with Gasteiger partial charge in [0.1, 0.15) is 5.82 Å². The molecule has 0 aliphatic carbocycles. The highest BCUT2D eigenvalue weighted by atomic mass is 19.1. The summed E-state index contributed by atoms with van der Waals surface area (Å²) in [5.41, 5.74) is 2.02. The van der Waals surface area contributed by atoms with Gasteiger partial charge in [0.2, 0.25) is 0 Å². The van der Waals surface area contributed by atoms with Crippen molar-refractivity contribution in [3.05, 3.63) is 29.6 Å². The number of hydrogen-bond acceptors (Lipinski definition) is 1. The predicted molar refractivity (Wildman–Crippen MR) is 48.0 cm³/mol. The Labute approximate surface area is 71.8 Å². The lowest BCUT2D eigenvalue weighted by atomic mass is 10.1.